The molecule has 0 radical (unpaired) electrons. The maximum atomic E-state index is 13.4. The molecule has 0 aliphatic carbocycles. The Hall–Kier alpha value is -2.16. The van der Waals surface area contributed by atoms with E-state index in [2.05, 4.69) is 4.98 Å². The second-order valence-electron chi connectivity index (χ2n) is 7.21. The Kier molecular flexibility index (Phi) is 5.99. The SMILES string of the molecule is O=C(c1cc(-c2ccc(Cl)s2)nc2ccccc12)N1CCCN(CC(F)(F)F)CC1. The van der Waals surface area contributed by atoms with Crippen molar-refractivity contribution >= 4 is 39.7 Å². The summed E-state index contributed by atoms with van der Waals surface area (Å²) in [4.78, 5) is 21.9. The Morgan fingerprint density at radius 2 is 1.90 bits per heavy atom. The van der Waals surface area contributed by atoms with Gasteiger partial charge in [-0.25, -0.2) is 4.98 Å². The van der Waals surface area contributed by atoms with Crippen LogP contribution in [0.1, 0.15) is 16.8 Å². The van der Waals surface area contributed by atoms with E-state index in [0.717, 1.165) is 10.3 Å². The second-order valence-corrected chi connectivity index (χ2v) is 8.93. The van der Waals surface area contributed by atoms with Gasteiger partial charge in [0.1, 0.15) is 0 Å². The van der Waals surface area contributed by atoms with Gasteiger partial charge in [-0.2, -0.15) is 13.2 Å². The van der Waals surface area contributed by atoms with E-state index in [1.165, 1.54) is 16.2 Å². The van der Waals surface area contributed by atoms with Crippen LogP contribution < -0.4 is 0 Å². The molecule has 3 heterocycles. The van der Waals surface area contributed by atoms with Crippen LogP contribution in [0.15, 0.2) is 42.5 Å². The highest BCUT2D eigenvalue weighted by Crippen LogP contribution is 2.32. The van der Waals surface area contributed by atoms with Crippen molar-refractivity contribution in [3.05, 3.63) is 52.4 Å². The molecule has 30 heavy (non-hydrogen) atoms. The van der Waals surface area contributed by atoms with Crippen LogP contribution in [-0.4, -0.2) is 59.6 Å². The molecule has 0 atom stereocenters. The molecular formula is C21H19ClF3N3OS. The van der Waals surface area contributed by atoms with Crippen molar-refractivity contribution in [1.29, 1.82) is 0 Å². The van der Waals surface area contributed by atoms with Crippen LogP contribution in [0.4, 0.5) is 13.2 Å². The molecule has 158 valence electrons. The first kappa shape index (κ1) is 21.1. The minimum absolute atomic E-state index is 0.189. The maximum absolute atomic E-state index is 13.4. The van der Waals surface area contributed by atoms with Gasteiger partial charge in [-0.05, 0) is 30.7 Å². The van der Waals surface area contributed by atoms with Crippen LogP contribution in [0.25, 0.3) is 21.5 Å². The van der Waals surface area contributed by atoms with Crippen molar-refractivity contribution in [3.8, 4) is 10.6 Å². The van der Waals surface area contributed by atoms with Crippen molar-refractivity contribution in [1.82, 2.24) is 14.8 Å². The van der Waals surface area contributed by atoms with Gasteiger partial charge >= 0.3 is 6.18 Å². The molecule has 1 aliphatic rings. The van der Waals surface area contributed by atoms with Gasteiger partial charge in [-0.1, -0.05) is 29.8 Å². The number of rotatable bonds is 3. The van der Waals surface area contributed by atoms with Gasteiger partial charge in [0.15, 0.2) is 0 Å². The third kappa shape index (κ3) is 4.77. The number of benzene rings is 1. The zero-order valence-corrected chi connectivity index (χ0v) is 17.5. The topological polar surface area (TPSA) is 36.4 Å². The minimum Gasteiger partial charge on any atom is -0.337 e. The van der Waals surface area contributed by atoms with Gasteiger partial charge in [0.2, 0.25) is 0 Å². The fraction of sp³-hybridized carbons (Fsp3) is 0.333. The van der Waals surface area contributed by atoms with Crippen molar-refractivity contribution in [2.75, 3.05) is 32.7 Å². The molecule has 9 heteroatoms. The third-order valence-corrected chi connectivity index (χ3v) is 6.30. The van der Waals surface area contributed by atoms with E-state index in [-0.39, 0.29) is 19.0 Å². The monoisotopic (exact) mass is 453 g/mol. The van der Waals surface area contributed by atoms with Crippen molar-refractivity contribution in [3.63, 3.8) is 0 Å². The Balaban J connectivity index is 1.64. The number of halogens is 4. The highest BCUT2D eigenvalue weighted by molar-refractivity contribution is 7.19. The molecule has 0 N–H and O–H groups in total. The molecular weight excluding hydrogens is 435 g/mol. The van der Waals surface area contributed by atoms with Gasteiger partial charge in [0.25, 0.3) is 5.91 Å². The summed E-state index contributed by atoms with van der Waals surface area (Å²) < 4.78 is 38.8. The first-order chi connectivity index (χ1) is 14.3. The number of para-hydroxylation sites is 1. The largest absolute Gasteiger partial charge is 0.401 e. The highest BCUT2D eigenvalue weighted by Gasteiger charge is 2.32. The predicted octanol–water partition coefficient (Wildman–Crippen LogP) is 5.33. The fourth-order valence-corrected chi connectivity index (χ4v) is 4.69. The summed E-state index contributed by atoms with van der Waals surface area (Å²) in [6.45, 7) is 0.243. The van der Waals surface area contributed by atoms with E-state index in [1.807, 2.05) is 30.3 Å². The molecule has 1 aromatic carbocycles. The minimum atomic E-state index is -4.24. The lowest BCUT2D eigenvalue weighted by Gasteiger charge is -2.23. The molecule has 1 aliphatic heterocycles. The van der Waals surface area contributed by atoms with E-state index in [9.17, 15) is 18.0 Å². The zero-order chi connectivity index (χ0) is 21.3. The molecule has 2 aromatic heterocycles. The number of carbonyl (C=O) groups is 1. The van der Waals surface area contributed by atoms with E-state index in [1.54, 1.807) is 17.0 Å². The molecule has 4 nitrogen and oxygen atoms in total. The Morgan fingerprint density at radius 3 is 2.63 bits per heavy atom. The van der Waals surface area contributed by atoms with E-state index in [4.69, 9.17) is 11.6 Å². The highest BCUT2D eigenvalue weighted by atomic mass is 35.5. The number of fused-ring (bicyclic) bond motifs is 1. The molecule has 4 rings (SSSR count). The second kappa shape index (κ2) is 8.53. The number of aromatic nitrogens is 1. The standard InChI is InChI=1S/C21H19ClF3N3OS/c22-19-7-6-18(30-19)17-12-15(14-4-1-2-5-16(14)26-17)20(29)28-9-3-8-27(10-11-28)13-21(23,24)25/h1-2,4-7,12H,3,8-11,13H2. The maximum Gasteiger partial charge on any atom is 0.401 e. The van der Waals surface area contributed by atoms with Crippen molar-refractivity contribution < 1.29 is 18.0 Å². The van der Waals surface area contributed by atoms with E-state index >= 15 is 0 Å². The van der Waals surface area contributed by atoms with Crippen LogP contribution in [0.2, 0.25) is 4.34 Å². The summed E-state index contributed by atoms with van der Waals surface area (Å²) >= 11 is 7.44. The van der Waals surface area contributed by atoms with Gasteiger partial charge < -0.3 is 4.90 Å². The van der Waals surface area contributed by atoms with E-state index in [0.29, 0.717) is 40.6 Å². The third-order valence-electron chi connectivity index (χ3n) is 5.05. The van der Waals surface area contributed by atoms with Crippen LogP contribution in [0, 0.1) is 0 Å². The van der Waals surface area contributed by atoms with Gasteiger partial charge in [0.05, 0.1) is 32.5 Å². The number of nitrogens with zero attached hydrogens (tertiary/aromatic N) is 3. The van der Waals surface area contributed by atoms with Gasteiger partial charge in [-0.3, -0.25) is 9.69 Å². The Morgan fingerprint density at radius 1 is 1.10 bits per heavy atom. The summed E-state index contributed by atoms with van der Waals surface area (Å²) in [5.74, 6) is -0.189. The molecule has 0 spiro atoms. The average molecular weight is 454 g/mol. The normalized spacial score (nSPS) is 16.1. The number of pyridine rings is 1. The molecule has 0 bridgehead atoms. The lowest BCUT2D eigenvalue weighted by Crippen LogP contribution is -2.38. The Labute approximate surface area is 180 Å². The number of alkyl halides is 3. The number of hydrogen-bond donors (Lipinski definition) is 0. The Bertz CT molecular complexity index is 1070. The van der Waals surface area contributed by atoms with Crippen molar-refractivity contribution in [2.45, 2.75) is 12.6 Å². The average Bonchev–Trinajstić information content (AvgIpc) is 3.01. The smallest absolute Gasteiger partial charge is 0.337 e. The van der Waals surface area contributed by atoms with Crippen LogP contribution in [0.5, 0.6) is 0 Å². The molecule has 0 saturated carbocycles. The first-order valence-electron chi connectivity index (χ1n) is 9.54. The van der Waals surface area contributed by atoms with Gasteiger partial charge in [-0.15, -0.1) is 11.3 Å². The molecule has 3 aromatic rings. The fourth-order valence-electron chi connectivity index (χ4n) is 3.69. The molecule has 1 saturated heterocycles. The quantitative estimate of drug-likeness (QED) is 0.538. The van der Waals surface area contributed by atoms with E-state index < -0.39 is 12.7 Å². The number of amides is 1. The first-order valence-corrected chi connectivity index (χ1v) is 10.7. The lowest BCUT2D eigenvalue weighted by molar-refractivity contribution is -0.145. The molecule has 1 amide bonds. The molecule has 1 fully saturated rings. The number of thiophene rings is 1. The van der Waals surface area contributed by atoms with Crippen LogP contribution in [0.3, 0.4) is 0 Å². The predicted molar refractivity (Wildman–Crippen MR) is 113 cm³/mol. The summed E-state index contributed by atoms with van der Waals surface area (Å²) in [5.41, 5.74) is 1.85. The number of hydrogen-bond acceptors (Lipinski definition) is 4. The number of carbonyl (C=O) groups excluding carboxylic acids is 1. The van der Waals surface area contributed by atoms with Gasteiger partial charge in [0, 0.05) is 31.6 Å². The van der Waals surface area contributed by atoms with Crippen molar-refractivity contribution in [2.24, 2.45) is 0 Å². The lowest BCUT2D eigenvalue weighted by atomic mass is 10.1. The molecule has 0 unspecified atom stereocenters. The summed E-state index contributed by atoms with van der Waals surface area (Å²) in [7, 11) is 0. The summed E-state index contributed by atoms with van der Waals surface area (Å²) in [6, 6.07) is 12.8. The summed E-state index contributed by atoms with van der Waals surface area (Å²) in [5, 5.41) is 0.727. The van der Waals surface area contributed by atoms with Crippen LogP contribution >= 0.6 is 22.9 Å². The summed E-state index contributed by atoms with van der Waals surface area (Å²) in [6.07, 6.45) is -3.74. The zero-order valence-electron chi connectivity index (χ0n) is 16.0. The van der Waals surface area contributed by atoms with Crippen LogP contribution in [-0.2, 0) is 0 Å².